The van der Waals surface area contributed by atoms with Gasteiger partial charge in [-0.1, -0.05) is 205 Å². The number of carbonyl (C=O) groups is 8. The third-order valence-electron chi connectivity index (χ3n) is 16.9. The lowest BCUT2D eigenvalue weighted by molar-refractivity contribution is -0.143. The van der Waals surface area contributed by atoms with Crippen LogP contribution in [0.1, 0.15) is 183 Å². The highest BCUT2D eigenvalue weighted by Crippen LogP contribution is 2.32. The molecule has 2 aliphatic heterocycles. The molecular formula is C70H104N10O8. The van der Waals surface area contributed by atoms with E-state index in [4.69, 9.17) is 10.5 Å². The largest absolute Gasteiger partial charge is 0.372 e. The summed E-state index contributed by atoms with van der Waals surface area (Å²) >= 11 is 0. The fourth-order valence-electron chi connectivity index (χ4n) is 11.6. The van der Waals surface area contributed by atoms with Crippen molar-refractivity contribution in [3.05, 3.63) is 144 Å². The first-order valence-corrected chi connectivity index (χ1v) is 32.4. The smallest absolute Gasteiger partial charge is 0.246 e. The van der Waals surface area contributed by atoms with Crippen LogP contribution in [0.15, 0.2) is 121 Å². The normalized spacial score (nSPS) is 16.8. The molecular weight excluding hydrogens is 1110 g/mol. The minimum absolute atomic E-state index is 0.0177. The van der Waals surface area contributed by atoms with Crippen molar-refractivity contribution in [2.45, 2.75) is 191 Å². The molecule has 88 heavy (non-hydrogen) atoms. The number of nitrogens with zero attached hydrogens (tertiary/aromatic N) is 2. The summed E-state index contributed by atoms with van der Waals surface area (Å²) in [5, 5.41) is 17.4. The first-order chi connectivity index (χ1) is 42.7. The number of nitrogens with one attached hydrogen (secondary N) is 6. The molecule has 0 aromatic heterocycles. The number of likely N-dealkylation sites (N-methyl/N-ethyl adjacent to an activating group) is 2. The monoisotopic (exact) mass is 1210 g/mol. The highest BCUT2D eigenvalue weighted by molar-refractivity contribution is 5.95. The van der Waals surface area contributed by atoms with Gasteiger partial charge in [-0.05, 0) is 101 Å². The van der Waals surface area contributed by atoms with Crippen LogP contribution in [0.25, 0.3) is 0 Å². The number of benzene rings is 4. The zero-order chi connectivity index (χ0) is 63.9. The molecule has 2 saturated heterocycles. The van der Waals surface area contributed by atoms with E-state index in [1.54, 1.807) is 37.7 Å². The number of amides is 8. The molecule has 4 aromatic rings. The van der Waals surface area contributed by atoms with E-state index in [-0.39, 0.29) is 60.4 Å². The van der Waals surface area contributed by atoms with Crippen molar-refractivity contribution in [1.29, 1.82) is 0 Å². The predicted molar refractivity (Wildman–Crippen MR) is 349 cm³/mol. The van der Waals surface area contributed by atoms with Crippen molar-refractivity contribution in [2.24, 2.45) is 17.4 Å². The van der Waals surface area contributed by atoms with Crippen LogP contribution >= 0.6 is 0 Å². The molecule has 10 N–H and O–H groups in total. The van der Waals surface area contributed by atoms with Gasteiger partial charge < -0.3 is 53.2 Å². The van der Waals surface area contributed by atoms with Crippen molar-refractivity contribution in [3.8, 4) is 0 Å². The molecule has 18 nitrogen and oxygen atoms in total. The van der Waals surface area contributed by atoms with E-state index < -0.39 is 41.9 Å². The van der Waals surface area contributed by atoms with E-state index in [1.807, 2.05) is 97.1 Å². The molecule has 4 fully saturated rings. The number of primary amides is 2. The minimum atomic E-state index is -1.02. The maximum atomic E-state index is 14.0. The zero-order valence-electron chi connectivity index (χ0n) is 53.2. The topological polar surface area (TPSA) is 267 Å². The Morgan fingerprint density at radius 2 is 1.03 bits per heavy atom. The molecule has 2 heterocycles. The second kappa shape index (κ2) is 42.4. The van der Waals surface area contributed by atoms with Crippen LogP contribution in [0.4, 0.5) is 0 Å². The molecule has 2 aliphatic carbocycles. The van der Waals surface area contributed by atoms with Crippen LogP contribution in [0.3, 0.4) is 0 Å². The van der Waals surface area contributed by atoms with Crippen LogP contribution in [-0.2, 0) is 38.4 Å². The summed E-state index contributed by atoms with van der Waals surface area (Å²) < 4.78 is 0. The number of nitrogens with two attached hydrogens (primary N) is 2. The van der Waals surface area contributed by atoms with E-state index in [0.29, 0.717) is 25.8 Å². The Balaban J connectivity index is 0.000000293. The first kappa shape index (κ1) is 73.0. The molecule has 8 rings (SSSR count). The third kappa shape index (κ3) is 25.7. The maximum Gasteiger partial charge on any atom is 0.246 e. The molecule has 2 saturated carbocycles. The Morgan fingerprint density at radius 3 is 1.50 bits per heavy atom. The average molecular weight is 1210 g/mol. The van der Waals surface area contributed by atoms with Gasteiger partial charge in [0.05, 0.1) is 18.6 Å². The summed E-state index contributed by atoms with van der Waals surface area (Å²) in [5.74, 6) is -1.87. The number of carbonyl (C=O) groups excluding carboxylic acids is 8. The Bertz CT molecular complexity index is 2550. The van der Waals surface area contributed by atoms with Gasteiger partial charge in [-0.2, -0.15) is 0 Å². The SMILES string of the molecule is C1CCCCC1.CCCCCCNC(=O)CC(c1ccccc1)c1ccccc1.CNC(C)C(=O)NCC(=O)N1CCCC1.CN[C@@H](C)C(=O)NC(C(=O)N1CCCC1C(=O)NC(C(N)=O)C(c1ccccc1)c1ccccc1)C1CCCCC1.NC=O. The van der Waals surface area contributed by atoms with E-state index in [0.717, 1.165) is 82.1 Å². The Labute approximate surface area is 524 Å². The second-order valence-electron chi connectivity index (χ2n) is 23.3. The standard InChI is InChI=1S/C32H43N5O4.C21H27NO.C10H19N3O2.C6H12.CH3NO/c1-21(34-2)30(39)35-27(24-17-10-5-11-18-24)32(41)37-20-12-19-25(37)31(40)36-28(29(33)38)26(22-13-6-3-7-14-22)23-15-8-4-9-16-23;1-2-3-4-11-16-22-21(23)17-20(18-12-7-5-8-13-18)19-14-9-6-10-15-19;1-8(11-2)10(15)12-7-9(14)13-5-3-4-6-13;1-2-4-6-5-3-1;2-1-3/h3-4,6-9,13-16,21,24-28,34H,5,10-12,17-20H2,1-2H3,(H2,33,38)(H,35,39)(H,36,40);5-10,12-15,20H,2-4,11,16-17H2,1H3,(H,22,23);8,11H,3-7H2,1-2H3,(H,12,15);1-6H2;1H,(H2,2,3)/t21-,25?,27?,28?;;;;/m0..../s1. The molecule has 482 valence electrons. The van der Waals surface area contributed by atoms with Gasteiger partial charge in [-0.15, -0.1) is 0 Å². The lowest BCUT2D eigenvalue weighted by Crippen LogP contribution is -2.59. The second-order valence-corrected chi connectivity index (χ2v) is 23.3. The van der Waals surface area contributed by atoms with Crippen LogP contribution in [0.5, 0.6) is 0 Å². The number of hydrogen-bond donors (Lipinski definition) is 8. The summed E-state index contributed by atoms with van der Waals surface area (Å²) in [6.45, 7) is 8.69. The molecule has 8 amide bonds. The lowest BCUT2D eigenvalue weighted by atomic mass is 9.83. The van der Waals surface area contributed by atoms with Crippen LogP contribution in [-0.4, -0.2) is 135 Å². The number of hydrogen-bond acceptors (Lipinski definition) is 10. The first-order valence-electron chi connectivity index (χ1n) is 32.4. The number of unbranched alkanes of at least 4 members (excludes halogenated alkanes) is 3. The Morgan fingerprint density at radius 1 is 0.568 bits per heavy atom. The quantitative estimate of drug-likeness (QED) is 0.0247. The molecule has 0 radical (unpaired) electrons. The van der Waals surface area contributed by atoms with Gasteiger partial charge in [-0.3, -0.25) is 38.4 Å². The predicted octanol–water partition coefficient (Wildman–Crippen LogP) is 8.13. The molecule has 4 aromatic carbocycles. The summed E-state index contributed by atoms with van der Waals surface area (Å²) in [7, 11) is 3.42. The average Bonchev–Trinajstić information content (AvgIpc) is 2.62. The van der Waals surface area contributed by atoms with Gasteiger partial charge in [0.1, 0.15) is 18.1 Å². The minimum Gasteiger partial charge on any atom is -0.372 e. The zero-order valence-corrected chi connectivity index (χ0v) is 53.2. The van der Waals surface area contributed by atoms with E-state index in [9.17, 15) is 33.6 Å². The van der Waals surface area contributed by atoms with Crippen LogP contribution in [0, 0.1) is 5.92 Å². The van der Waals surface area contributed by atoms with E-state index in [2.05, 4.69) is 68.8 Å². The van der Waals surface area contributed by atoms with Gasteiger partial charge in [-0.25, -0.2) is 0 Å². The van der Waals surface area contributed by atoms with E-state index >= 15 is 0 Å². The van der Waals surface area contributed by atoms with Crippen molar-refractivity contribution in [2.75, 3.05) is 46.8 Å². The van der Waals surface area contributed by atoms with Crippen LogP contribution < -0.4 is 43.4 Å². The highest BCUT2D eigenvalue weighted by Gasteiger charge is 2.43. The van der Waals surface area contributed by atoms with Crippen molar-refractivity contribution >= 4 is 47.8 Å². The van der Waals surface area contributed by atoms with Crippen molar-refractivity contribution in [1.82, 2.24) is 41.7 Å². The van der Waals surface area contributed by atoms with Gasteiger partial charge >= 0.3 is 0 Å². The Hall–Kier alpha value is -7.44. The van der Waals surface area contributed by atoms with Gasteiger partial charge in [0, 0.05) is 44.4 Å². The van der Waals surface area contributed by atoms with Crippen LogP contribution in [0.2, 0.25) is 0 Å². The fraction of sp³-hybridized carbons (Fsp3) is 0.543. The lowest BCUT2D eigenvalue weighted by Gasteiger charge is -2.35. The summed E-state index contributed by atoms with van der Waals surface area (Å²) in [6, 6.07) is 36.4. The Kier molecular flexibility index (Phi) is 35.2. The highest BCUT2D eigenvalue weighted by atomic mass is 16.2. The fourth-order valence-corrected chi connectivity index (χ4v) is 11.6. The van der Waals surface area contributed by atoms with E-state index in [1.165, 1.54) is 68.9 Å². The van der Waals surface area contributed by atoms with Gasteiger partial charge in [0.25, 0.3) is 0 Å². The summed E-state index contributed by atoms with van der Waals surface area (Å²) in [4.78, 5) is 101. The summed E-state index contributed by atoms with van der Waals surface area (Å²) in [6.07, 6.45) is 22.6. The maximum absolute atomic E-state index is 14.0. The molecule has 18 heteroatoms. The molecule has 5 atom stereocenters. The molecule has 4 aliphatic rings. The van der Waals surface area contributed by atoms with Crippen molar-refractivity contribution in [3.63, 3.8) is 0 Å². The van der Waals surface area contributed by atoms with Gasteiger partial charge in [0.2, 0.25) is 47.8 Å². The van der Waals surface area contributed by atoms with Crippen molar-refractivity contribution < 1.29 is 38.4 Å². The summed E-state index contributed by atoms with van der Waals surface area (Å²) in [5.41, 5.74) is 14.2. The third-order valence-corrected chi connectivity index (χ3v) is 16.9. The number of likely N-dealkylation sites (tertiary alicyclic amines) is 2. The molecule has 0 bridgehead atoms. The molecule has 4 unspecified atom stereocenters. The number of rotatable bonds is 24. The molecule has 0 spiro atoms. The van der Waals surface area contributed by atoms with Gasteiger partial charge in [0.15, 0.2) is 0 Å².